The number of rotatable bonds is 1. The highest BCUT2D eigenvalue weighted by molar-refractivity contribution is 9.10. The summed E-state index contributed by atoms with van der Waals surface area (Å²) in [4.78, 5) is 14.8. The maximum absolute atomic E-state index is 10.9. The van der Waals surface area contributed by atoms with Gasteiger partial charge in [-0.1, -0.05) is 17.5 Å². The highest BCUT2D eigenvalue weighted by Crippen LogP contribution is 2.16. The molecule has 0 amide bonds. The summed E-state index contributed by atoms with van der Waals surface area (Å²) in [6, 6.07) is 1.68. The summed E-state index contributed by atoms with van der Waals surface area (Å²) >= 11 is 9.00. The predicted molar refractivity (Wildman–Crippen MR) is 60.5 cm³/mol. The molecule has 0 N–H and O–H groups in total. The fourth-order valence-electron chi connectivity index (χ4n) is 0.796. The zero-order chi connectivity index (χ0) is 11.3. The van der Waals surface area contributed by atoms with Crippen molar-refractivity contribution >= 4 is 33.5 Å². The minimum Gasteiger partial charge on any atom is -0.456 e. The van der Waals surface area contributed by atoms with Crippen LogP contribution in [-0.2, 0) is 9.53 Å². The summed E-state index contributed by atoms with van der Waals surface area (Å²) in [5, 5.41) is 0.259. The van der Waals surface area contributed by atoms with Crippen LogP contribution in [0.1, 0.15) is 12.5 Å². The van der Waals surface area contributed by atoms with Gasteiger partial charge in [-0.2, -0.15) is 0 Å². The van der Waals surface area contributed by atoms with E-state index in [9.17, 15) is 4.79 Å². The van der Waals surface area contributed by atoms with Crippen LogP contribution in [0, 0.1) is 11.8 Å². The van der Waals surface area contributed by atoms with Gasteiger partial charge in [-0.3, -0.25) is 0 Å². The minimum absolute atomic E-state index is 0.259. The molecule has 1 rings (SSSR count). The molecule has 0 bridgehead atoms. The molecule has 3 nitrogen and oxygen atoms in total. The van der Waals surface area contributed by atoms with Crippen molar-refractivity contribution in [2.45, 2.75) is 6.92 Å². The maximum atomic E-state index is 10.9. The lowest BCUT2D eigenvalue weighted by Gasteiger charge is -1.95. The Labute approximate surface area is 101 Å². The molecule has 0 radical (unpaired) electrons. The SMILES string of the molecule is CCOC(=O)C#Cc1cc(Br)cnc1Cl. The number of carbonyl (C=O) groups excluding carboxylic acids is 1. The van der Waals surface area contributed by atoms with Gasteiger partial charge >= 0.3 is 5.97 Å². The standard InChI is InChI=1S/C10H7BrClNO2/c1-2-15-9(14)4-3-7-5-8(11)6-13-10(7)12/h5-6H,2H2,1H3. The third kappa shape index (κ3) is 3.90. The van der Waals surface area contributed by atoms with Crippen molar-refractivity contribution in [1.82, 2.24) is 4.98 Å². The van der Waals surface area contributed by atoms with E-state index in [-0.39, 0.29) is 5.15 Å². The third-order valence-electron chi connectivity index (χ3n) is 1.38. The third-order valence-corrected chi connectivity index (χ3v) is 2.12. The van der Waals surface area contributed by atoms with Gasteiger partial charge < -0.3 is 4.74 Å². The molecule has 5 heteroatoms. The van der Waals surface area contributed by atoms with Crippen LogP contribution < -0.4 is 0 Å². The summed E-state index contributed by atoms with van der Waals surface area (Å²) in [5.41, 5.74) is 0.485. The molecule has 0 saturated carbocycles. The fraction of sp³-hybridized carbons (Fsp3) is 0.200. The Bertz CT molecular complexity index is 437. The second-order valence-electron chi connectivity index (χ2n) is 2.46. The smallest absolute Gasteiger partial charge is 0.384 e. The predicted octanol–water partition coefficient (Wildman–Crippen LogP) is 2.41. The van der Waals surface area contributed by atoms with Gasteiger partial charge in [0, 0.05) is 16.6 Å². The van der Waals surface area contributed by atoms with E-state index in [4.69, 9.17) is 11.6 Å². The number of hydrogen-bond donors (Lipinski definition) is 0. The lowest BCUT2D eigenvalue weighted by molar-refractivity contribution is -0.136. The lowest BCUT2D eigenvalue weighted by atomic mass is 10.3. The molecule has 0 aliphatic heterocycles. The van der Waals surface area contributed by atoms with Gasteiger partial charge in [0.2, 0.25) is 0 Å². The highest BCUT2D eigenvalue weighted by atomic mass is 79.9. The fourth-order valence-corrected chi connectivity index (χ4v) is 1.28. The number of esters is 1. The molecule has 0 spiro atoms. The van der Waals surface area contributed by atoms with Gasteiger partial charge in [0.05, 0.1) is 12.2 Å². The van der Waals surface area contributed by atoms with E-state index in [1.165, 1.54) is 0 Å². The van der Waals surface area contributed by atoms with E-state index in [0.29, 0.717) is 12.2 Å². The van der Waals surface area contributed by atoms with Gasteiger partial charge in [0.15, 0.2) is 0 Å². The van der Waals surface area contributed by atoms with Crippen molar-refractivity contribution < 1.29 is 9.53 Å². The van der Waals surface area contributed by atoms with Crippen LogP contribution in [0.25, 0.3) is 0 Å². The van der Waals surface area contributed by atoms with Crippen molar-refractivity contribution in [3.8, 4) is 11.8 Å². The van der Waals surface area contributed by atoms with Crippen LogP contribution in [0.5, 0.6) is 0 Å². The van der Waals surface area contributed by atoms with Crippen LogP contribution in [0.4, 0.5) is 0 Å². The average Bonchev–Trinajstić information content (AvgIpc) is 2.20. The Kier molecular flexibility index (Phi) is 4.60. The summed E-state index contributed by atoms with van der Waals surface area (Å²) in [6.45, 7) is 2.02. The van der Waals surface area contributed by atoms with Crippen LogP contribution in [0.15, 0.2) is 16.7 Å². The summed E-state index contributed by atoms with van der Waals surface area (Å²) in [6.07, 6.45) is 1.55. The first-order valence-corrected chi connectivity index (χ1v) is 5.30. The van der Waals surface area contributed by atoms with Gasteiger partial charge in [-0.25, -0.2) is 9.78 Å². The monoisotopic (exact) mass is 287 g/mol. The van der Waals surface area contributed by atoms with Crippen LogP contribution in [0.3, 0.4) is 0 Å². The normalized spacial score (nSPS) is 9.00. The molecule has 0 aliphatic carbocycles. The van der Waals surface area contributed by atoms with E-state index in [1.54, 1.807) is 19.2 Å². The van der Waals surface area contributed by atoms with E-state index in [2.05, 4.69) is 37.5 Å². The first-order chi connectivity index (χ1) is 7.13. The quantitative estimate of drug-likeness (QED) is 0.452. The van der Waals surface area contributed by atoms with Crippen molar-refractivity contribution in [3.05, 3.63) is 27.5 Å². The first-order valence-electron chi connectivity index (χ1n) is 4.13. The van der Waals surface area contributed by atoms with Gasteiger partial charge in [-0.05, 0) is 28.9 Å². The van der Waals surface area contributed by atoms with Crippen molar-refractivity contribution in [1.29, 1.82) is 0 Å². The van der Waals surface area contributed by atoms with Crippen LogP contribution in [-0.4, -0.2) is 17.6 Å². The lowest BCUT2D eigenvalue weighted by Crippen LogP contribution is -1.99. The van der Waals surface area contributed by atoms with Gasteiger partial charge in [0.1, 0.15) is 5.15 Å². The molecule has 1 heterocycles. The van der Waals surface area contributed by atoms with Crippen molar-refractivity contribution in [3.63, 3.8) is 0 Å². The molecule has 78 valence electrons. The molecular formula is C10H7BrClNO2. The van der Waals surface area contributed by atoms with Gasteiger partial charge in [0.25, 0.3) is 0 Å². The van der Waals surface area contributed by atoms with E-state index >= 15 is 0 Å². The number of ether oxygens (including phenoxy) is 1. The molecule has 0 atom stereocenters. The number of carbonyl (C=O) groups is 1. The largest absolute Gasteiger partial charge is 0.456 e. The van der Waals surface area contributed by atoms with Crippen molar-refractivity contribution in [2.24, 2.45) is 0 Å². The highest BCUT2D eigenvalue weighted by Gasteiger charge is 2.00. The molecular weight excluding hydrogens is 281 g/mol. The van der Waals surface area contributed by atoms with Crippen molar-refractivity contribution in [2.75, 3.05) is 6.61 Å². The Morgan fingerprint density at radius 1 is 1.73 bits per heavy atom. The summed E-state index contributed by atoms with van der Waals surface area (Å²) in [5.74, 6) is 4.33. The molecule has 0 fully saturated rings. The second kappa shape index (κ2) is 5.74. The van der Waals surface area contributed by atoms with Crippen LogP contribution >= 0.6 is 27.5 Å². The molecule has 0 unspecified atom stereocenters. The first kappa shape index (κ1) is 12.0. The Balaban J connectivity index is 2.88. The minimum atomic E-state index is -0.575. The molecule has 0 aliphatic rings. The number of nitrogens with zero attached hydrogens (tertiary/aromatic N) is 1. The van der Waals surface area contributed by atoms with Gasteiger partial charge in [-0.15, -0.1) is 0 Å². The zero-order valence-electron chi connectivity index (χ0n) is 7.88. The van der Waals surface area contributed by atoms with E-state index in [1.807, 2.05) is 0 Å². The Morgan fingerprint density at radius 2 is 2.47 bits per heavy atom. The molecule has 1 aromatic rings. The molecule has 0 aromatic carbocycles. The Morgan fingerprint density at radius 3 is 3.13 bits per heavy atom. The number of aromatic nitrogens is 1. The number of hydrogen-bond acceptors (Lipinski definition) is 3. The average molecular weight is 289 g/mol. The number of halogens is 2. The van der Waals surface area contributed by atoms with E-state index in [0.717, 1.165) is 4.47 Å². The molecule has 0 saturated heterocycles. The zero-order valence-corrected chi connectivity index (χ0v) is 10.2. The molecule has 1 aromatic heterocycles. The number of pyridine rings is 1. The summed E-state index contributed by atoms with van der Waals surface area (Å²) < 4.78 is 5.40. The summed E-state index contributed by atoms with van der Waals surface area (Å²) in [7, 11) is 0. The molecule has 15 heavy (non-hydrogen) atoms. The second-order valence-corrected chi connectivity index (χ2v) is 3.74. The Hall–Kier alpha value is -1.05. The van der Waals surface area contributed by atoms with Crippen LogP contribution in [0.2, 0.25) is 5.15 Å². The maximum Gasteiger partial charge on any atom is 0.384 e. The van der Waals surface area contributed by atoms with E-state index < -0.39 is 5.97 Å². The topological polar surface area (TPSA) is 39.2 Å².